The fraction of sp³-hybridized carbons (Fsp3) is 0.250. The highest BCUT2D eigenvalue weighted by atomic mass is 35.5. The molecule has 0 aromatic heterocycles. The van der Waals surface area contributed by atoms with Crippen molar-refractivity contribution in [2.45, 2.75) is 19.0 Å². The zero-order chi connectivity index (χ0) is 11.8. The van der Waals surface area contributed by atoms with Gasteiger partial charge in [-0.05, 0) is 35.8 Å². The van der Waals surface area contributed by atoms with Crippen LogP contribution in [-0.4, -0.2) is 5.78 Å². The van der Waals surface area contributed by atoms with Gasteiger partial charge in [0.15, 0.2) is 5.78 Å². The van der Waals surface area contributed by atoms with Crippen molar-refractivity contribution in [1.29, 1.82) is 0 Å². The molecule has 0 N–H and O–H groups in total. The van der Waals surface area contributed by atoms with E-state index in [1.807, 2.05) is 0 Å². The highest BCUT2D eigenvalue weighted by molar-refractivity contribution is 6.01. The average Bonchev–Trinajstić information content (AvgIpc) is 2.64. The van der Waals surface area contributed by atoms with E-state index in [1.54, 1.807) is 0 Å². The SMILES string of the molecule is Cl.O=C1C=C(c2ccc(C(F)(F)F)cc2)CC1. The number of carbonyl (C=O) groups excluding carboxylic acids is 1. The van der Waals surface area contributed by atoms with Crippen molar-refractivity contribution in [3.8, 4) is 0 Å². The van der Waals surface area contributed by atoms with Crippen molar-refractivity contribution in [3.63, 3.8) is 0 Å². The van der Waals surface area contributed by atoms with Gasteiger partial charge in [0.05, 0.1) is 5.56 Å². The number of alkyl halides is 3. The molecule has 0 atom stereocenters. The minimum absolute atomic E-state index is 0. The van der Waals surface area contributed by atoms with E-state index in [1.165, 1.54) is 18.2 Å². The van der Waals surface area contributed by atoms with Crippen LogP contribution in [0.5, 0.6) is 0 Å². The second-order valence-corrected chi connectivity index (χ2v) is 3.71. The van der Waals surface area contributed by atoms with Gasteiger partial charge in [0, 0.05) is 6.42 Å². The number of ketones is 1. The molecule has 0 radical (unpaired) electrons. The molecule has 2 rings (SSSR count). The van der Waals surface area contributed by atoms with Gasteiger partial charge in [-0.15, -0.1) is 12.4 Å². The smallest absolute Gasteiger partial charge is 0.295 e. The summed E-state index contributed by atoms with van der Waals surface area (Å²) in [6, 6.07) is 4.90. The highest BCUT2D eigenvalue weighted by Crippen LogP contribution is 2.31. The third-order valence-electron chi connectivity index (χ3n) is 2.56. The largest absolute Gasteiger partial charge is 0.416 e. The number of carbonyl (C=O) groups is 1. The summed E-state index contributed by atoms with van der Waals surface area (Å²) in [7, 11) is 0. The molecule has 0 aliphatic heterocycles. The van der Waals surface area contributed by atoms with Crippen LogP contribution in [0, 0.1) is 0 Å². The van der Waals surface area contributed by atoms with Gasteiger partial charge in [-0.2, -0.15) is 13.2 Å². The molecule has 1 nitrogen and oxygen atoms in total. The lowest BCUT2D eigenvalue weighted by Crippen LogP contribution is -2.04. The summed E-state index contributed by atoms with van der Waals surface area (Å²) in [5, 5.41) is 0. The fourth-order valence-electron chi connectivity index (χ4n) is 1.70. The van der Waals surface area contributed by atoms with Crippen LogP contribution in [0.1, 0.15) is 24.0 Å². The summed E-state index contributed by atoms with van der Waals surface area (Å²) in [6.07, 6.45) is -1.73. The first-order chi connectivity index (χ1) is 7.47. The molecule has 1 aliphatic carbocycles. The van der Waals surface area contributed by atoms with Crippen molar-refractivity contribution < 1.29 is 18.0 Å². The second kappa shape index (κ2) is 4.92. The van der Waals surface area contributed by atoms with Crippen LogP contribution in [0.4, 0.5) is 13.2 Å². The van der Waals surface area contributed by atoms with Crippen LogP contribution in [0.15, 0.2) is 30.3 Å². The standard InChI is InChI=1S/C12H9F3O.ClH/c13-12(14,15)10-4-1-8(2-5-10)9-3-6-11(16)7-9;/h1-2,4-5,7H,3,6H2;1H. The summed E-state index contributed by atoms with van der Waals surface area (Å²) in [4.78, 5) is 11.0. The lowest BCUT2D eigenvalue weighted by molar-refractivity contribution is -0.137. The third-order valence-corrected chi connectivity index (χ3v) is 2.56. The molecule has 0 saturated carbocycles. The van der Waals surface area contributed by atoms with Crippen molar-refractivity contribution >= 4 is 23.8 Å². The van der Waals surface area contributed by atoms with E-state index in [9.17, 15) is 18.0 Å². The molecule has 0 heterocycles. The molecule has 1 aromatic rings. The van der Waals surface area contributed by atoms with Gasteiger partial charge in [0.25, 0.3) is 0 Å². The van der Waals surface area contributed by atoms with Crippen molar-refractivity contribution in [1.82, 2.24) is 0 Å². The maximum absolute atomic E-state index is 12.3. The predicted molar refractivity (Wildman–Crippen MR) is 60.9 cm³/mol. The van der Waals surface area contributed by atoms with Gasteiger partial charge in [0.2, 0.25) is 0 Å². The molecule has 0 saturated heterocycles. The normalized spacial score (nSPS) is 15.5. The maximum Gasteiger partial charge on any atom is 0.416 e. The lowest BCUT2D eigenvalue weighted by atomic mass is 10.0. The Kier molecular flexibility index (Phi) is 3.98. The van der Waals surface area contributed by atoms with Crippen molar-refractivity contribution in [2.24, 2.45) is 0 Å². The Labute approximate surface area is 103 Å². The number of benzene rings is 1. The first kappa shape index (κ1) is 13.8. The Hall–Kier alpha value is -1.29. The Morgan fingerprint density at radius 3 is 2.00 bits per heavy atom. The number of halogens is 4. The lowest BCUT2D eigenvalue weighted by Gasteiger charge is -2.07. The van der Waals surface area contributed by atoms with Gasteiger partial charge in [-0.3, -0.25) is 4.79 Å². The molecule has 92 valence electrons. The Morgan fingerprint density at radius 2 is 1.59 bits per heavy atom. The minimum atomic E-state index is -4.31. The van der Waals surface area contributed by atoms with Gasteiger partial charge in [-0.1, -0.05) is 12.1 Å². The number of hydrogen-bond donors (Lipinski definition) is 0. The maximum atomic E-state index is 12.3. The molecular weight excluding hydrogens is 253 g/mol. The molecule has 1 aliphatic rings. The zero-order valence-electron chi connectivity index (χ0n) is 8.75. The van der Waals surface area contributed by atoms with Gasteiger partial charge in [0.1, 0.15) is 0 Å². The Bertz CT molecular complexity index is 446. The van der Waals surface area contributed by atoms with E-state index in [-0.39, 0.29) is 18.2 Å². The Morgan fingerprint density at radius 1 is 1.00 bits per heavy atom. The monoisotopic (exact) mass is 262 g/mol. The van der Waals surface area contributed by atoms with E-state index >= 15 is 0 Å². The molecule has 17 heavy (non-hydrogen) atoms. The van der Waals surface area contributed by atoms with Crippen molar-refractivity contribution in [3.05, 3.63) is 41.5 Å². The van der Waals surface area contributed by atoms with E-state index in [0.29, 0.717) is 18.4 Å². The number of rotatable bonds is 1. The minimum Gasteiger partial charge on any atom is -0.295 e. The van der Waals surface area contributed by atoms with Crippen LogP contribution >= 0.6 is 12.4 Å². The molecule has 5 heteroatoms. The van der Waals surface area contributed by atoms with Gasteiger partial charge < -0.3 is 0 Å². The second-order valence-electron chi connectivity index (χ2n) is 3.71. The van der Waals surface area contributed by atoms with E-state index in [4.69, 9.17) is 0 Å². The van der Waals surface area contributed by atoms with Gasteiger partial charge in [-0.25, -0.2) is 0 Å². The first-order valence-corrected chi connectivity index (χ1v) is 4.88. The fourth-order valence-corrected chi connectivity index (χ4v) is 1.70. The van der Waals surface area contributed by atoms with E-state index in [2.05, 4.69) is 0 Å². The number of hydrogen-bond acceptors (Lipinski definition) is 1. The summed E-state index contributed by atoms with van der Waals surface area (Å²) in [6.45, 7) is 0. The molecular formula is C12H10ClF3O. The topological polar surface area (TPSA) is 17.1 Å². The average molecular weight is 263 g/mol. The quantitative estimate of drug-likeness (QED) is 0.751. The third kappa shape index (κ3) is 3.09. The highest BCUT2D eigenvalue weighted by Gasteiger charge is 2.30. The predicted octanol–water partition coefficient (Wildman–Crippen LogP) is 3.87. The molecule has 0 amide bonds. The summed E-state index contributed by atoms with van der Waals surface area (Å²) >= 11 is 0. The van der Waals surface area contributed by atoms with Crippen LogP contribution in [0.2, 0.25) is 0 Å². The summed E-state index contributed by atoms with van der Waals surface area (Å²) < 4.78 is 36.9. The first-order valence-electron chi connectivity index (χ1n) is 4.88. The molecule has 0 bridgehead atoms. The van der Waals surface area contributed by atoms with Crippen LogP contribution < -0.4 is 0 Å². The summed E-state index contributed by atoms with van der Waals surface area (Å²) in [5.74, 6) is 0.0369. The molecule has 0 spiro atoms. The number of allylic oxidation sites excluding steroid dienone is 2. The van der Waals surface area contributed by atoms with Crippen molar-refractivity contribution in [2.75, 3.05) is 0 Å². The van der Waals surface area contributed by atoms with Crippen LogP contribution in [-0.2, 0) is 11.0 Å². The van der Waals surface area contributed by atoms with Crippen LogP contribution in [0.3, 0.4) is 0 Å². The van der Waals surface area contributed by atoms with Gasteiger partial charge >= 0.3 is 6.18 Å². The summed E-state index contributed by atoms with van der Waals surface area (Å²) in [5.41, 5.74) is 0.846. The Balaban J connectivity index is 0.00000144. The molecule has 0 unspecified atom stereocenters. The molecule has 0 fully saturated rings. The van der Waals surface area contributed by atoms with E-state index in [0.717, 1.165) is 17.7 Å². The van der Waals surface area contributed by atoms with E-state index < -0.39 is 11.7 Å². The zero-order valence-corrected chi connectivity index (χ0v) is 9.57. The molecule has 1 aromatic carbocycles. The van der Waals surface area contributed by atoms with Crippen LogP contribution in [0.25, 0.3) is 5.57 Å².